The highest BCUT2D eigenvalue weighted by Crippen LogP contribution is 2.29. The zero-order valence-electron chi connectivity index (χ0n) is 22.2. The molecule has 2 aromatic carbocycles. The minimum Gasteiger partial charge on any atom is -0.505 e. The number of terminal acetylenes is 1. The fourth-order valence-electron chi connectivity index (χ4n) is 2.76. The maximum Gasteiger partial charge on any atom is 0.168 e. The molecule has 2 aromatic rings. The summed E-state index contributed by atoms with van der Waals surface area (Å²) >= 11 is 0. The van der Waals surface area contributed by atoms with Gasteiger partial charge in [-0.25, -0.2) is 0 Å². The number of allylic oxidation sites excluding steroid dienone is 5. The summed E-state index contributed by atoms with van der Waals surface area (Å²) in [4.78, 5) is 0. The third-order valence-electron chi connectivity index (χ3n) is 4.80. The van der Waals surface area contributed by atoms with E-state index >= 15 is 0 Å². The lowest BCUT2D eigenvalue weighted by atomic mass is 9.98. The number of aliphatic hydroxyl groups is 2. The highest BCUT2D eigenvalue weighted by atomic mass is 16.5. The van der Waals surface area contributed by atoms with Crippen LogP contribution < -0.4 is 9.47 Å². The quantitative estimate of drug-likeness (QED) is 0.201. The predicted molar refractivity (Wildman–Crippen MR) is 152 cm³/mol. The van der Waals surface area contributed by atoms with Crippen LogP contribution >= 0.6 is 0 Å². The Morgan fingerprint density at radius 1 is 1.06 bits per heavy atom. The number of para-hydroxylation sites is 2. The van der Waals surface area contributed by atoms with Gasteiger partial charge in [0.05, 0.1) is 0 Å². The van der Waals surface area contributed by atoms with Crippen molar-refractivity contribution in [1.82, 2.24) is 0 Å². The van der Waals surface area contributed by atoms with Gasteiger partial charge in [-0.05, 0) is 60.8 Å². The Hall–Kier alpha value is -3.94. The number of rotatable bonds is 10. The molecule has 192 valence electrons. The van der Waals surface area contributed by atoms with Gasteiger partial charge in [0.2, 0.25) is 0 Å². The normalized spacial score (nSPS) is 11.7. The van der Waals surface area contributed by atoms with Crippen LogP contribution in [0.2, 0.25) is 0 Å². The molecule has 0 heterocycles. The van der Waals surface area contributed by atoms with Gasteiger partial charge in [-0.1, -0.05) is 95.3 Å². The number of benzene rings is 2. The monoisotopic (exact) mass is 488 g/mol. The van der Waals surface area contributed by atoms with E-state index < -0.39 is 0 Å². The van der Waals surface area contributed by atoms with Gasteiger partial charge in [-0.3, -0.25) is 0 Å². The van der Waals surface area contributed by atoms with Crippen LogP contribution in [0.5, 0.6) is 11.5 Å². The molecule has 0 aliphatic heterocycles. The van der Waals surface area contributed by atoms with Crippen LogP contribution in [0, 0.1) is 19.3 Å². The summed E-state index contributed by atoms with van der Waals surface area (Å²) in [6.07, 6.45) is 14.2. The van der Waals surface area contributed by atoms with E-state index in [9.17, 15) is 10.2 Å². The van der Waals surface area contributed by atoms with Crippen LogP contribution in [0.4, 0.5) is 0 Å². The van der Waals surface area contributed by atoms with Crippen molar-refractivity contribution >= 4 is 0 Å². The van der Waals surface area contributed by atoms with Gasteiger partial charge in [0.25, 0.3) is 0 Å². The summed E-state index contributed by atoms with van der Waals surface area (Å²) < 4.78 is 11.2. The van der Waals surface area contributed by atoms with Crippen LogP contribution in [0.15, 0.2) is 109 Å². The molecule has 0 fully saturated rings. The van der Waals surface area contributed by atoms with Gasteiger partial charge in [0.1, 0.15) is 23.9 Å². The lowest BCUT2D eigenvalue weighted by Crippen LogP contribution is -2.03. The molecule has 2 rings (SSSR count). The molecule has 0 saturated heterocycles. The molecule has 0 bridgehead atoms. The van der Waals surface area contributed by atoms with Crippen molar-refractivity contribution in [2.24, 2.45) is 0 Å². The second kappa shape index (κ2) is 19.4. The molecule has 4 heteroatoms. The third kappa shape index (κ3) is 12.0. The number of ether oxygens (including phenoxy) is 2. The maximum atomic E-state index is 9.29. The minimum absolute atomic E-state index is 0.113. The summed E-state index contributed by atoms with van der Waals surface area (Å²) in [5.41, 5.74) is 2.14. The molecule has 0 aliphatic carbocycles. The van der Waals surface area contributed by atoms with Crippen molar-refractivity contribution in [3.05, 3.63) is 120 Å². The van der Waals surface area contributed by atoms with E-state index in [2.05, 4.69) is 39.0 Å². The standard InChI is InChI=1S/C17H20O2.C13H14O2.C2H6/c1-4-6-7-10-15(13-18)19-17-12-9-8-11-16(17)14(3)5-2;1-4-7-13(11(3)14)15-12-9-6-5-8-10(12)2;1-2/h1,6-12,14,18H,5,13H2,2-3H3;4-9,14H,1,3H2,2H3;1-2H3/b7-6-,15-10+;13-7+;. The first-order chi connectivity index (χ1) is 17.4. The number of hydrogen-bond donors (Lipinski definition) is 2. The first-order valence-corrected chi connectivity index (χ1v) is 12.0. The Morgan fingerprint density at radius 3 is 2.19 bits per heavy atom. The van der Waals surface area contributed by atoms with E-state index in [1.165, 1.54) is 6.08 Å². The smallest absolute Gasteiger partial charge is 0.168 e. The van der Waals surface area contributed by atoms with Crippen molar-refractivity contribution in [2.45, 2.75) is 47.0 Å². The van der Waals surface area contributed by atoms with Crippen LogP contribution in [0.25, 0.3) is 0 Å². The predicted octanol–water partition coefficient (Wildman–Crippen LogP) is 8.19. The van der Waals surface area contributed by atoms with Gasteiger partial charge in [-0.2, -0.15) is 0 Å². The van der Waals surface area contributed by atoms with Crippen LogP contribution in [0.3, 0.4) is 0 Å². The van der Waals surface area contributed by atoms with Gasteiger partial charge in [0.15, 0.2) is 11.5 Å². The molecule has 0 radical (unpaired) electrons. The number of aryl methyl sites for hydroxylation is 1. The Kier molecular flexibility index (Phi) is 17.3. The zero-order chi connectivity index (χ0) is 27.3. The average Bonchev–Trinajstić information content (AvgIpc) is 2.90. The zero-order valence-corrected chi connectivity index (χ0v) is 22.2. The summed E-state index contributed by atoms with van der Waals surface area (Å²) in [7, 11) is 0. The van der Waals surface area contributed by atoms with Gasteiger partial charge < -0.3 is 19.7 Å². The Morgan fingerprint density at radius 2 is 1.67 bits per heavy atom. The first kappa shape index (κ1) is 32.1. The van der Waals surface area contributed by atoms with Crippen molar-refractivity contribution in [2.75, 3.05) is 6.61 Å². The van der Waals surface area contributed by atoms with E-state index in [4.69, 9.17) is 15.9 Å². The molecule has 0 spiro atoms. The lowest BCUT2D eigenvalue weighted by molar-refractivity contribution is 0.261. The molecular weight excluding hydrogens is 448 g/mol. The van der Waals surface area contributed by atoms with Crippen molar-refractivity contribution in [1.29, 1.82) is 0 Å². The molecule has 0 saturated carbocycles. The van der Waals surface area contributed by atoms with E-state index in [0.29, 0.717) is 23.2 Å². The van der Waals surface area contributed by atoms with Crippen molar-refractivity contribution < 1.29 is 19.7 Å². The van der Waals surface area contributed by atoms with Crippen LogP contribution in [-0.4, -0.2) is 16.8 Å². The lowest BCUT2D eigenvalue weighted by Gasteiger charge is -2.16. The molecular formula is C32H40O4. The molecule has 4 nitrogen and oxygen atoms in total. The fourth-order valence-corrected chi connectivity index (χ4v) is 2.76. The van der Waals surface area contributed by atoms with Gasteiger partial charge in [-0.15, -0.1) is 6.42 Å². The van der Waals surface area contributed by atoms with Gasteiger partial charge in [0, 0.05) is 0 Å². The molecule has 1 unspecified atom stereocenters. The van der Waals surface area contributed by atoms with E-state index in [1.54, 1.807) is 24.3 Å². The summed E-state index contributed by atoms with van der Waals surface area (Å²) in [5.74, 6) is 4.95. The average molecular weight is 489 g/mol. The minimum atomic E-state index is -0.163. The molecule has 36 heavy (non-hydrogen) atoms. The van der Waals surface area contributed by atoms with Crippen molar-refractivity contribution in [3.8, 4) is 23.8 Å². The molecule has 0 aliphatic rings. The largest absolute Gasteiger partial charge is 0.505 e. The highest BCUT2D eigenvalue weighted by molar-refractivity contribution is 5.38. The second-order valence-electron chi connectivity index (χ2n) is 7.35. The topological polar surface area (TPSA) is 58.9 Å². The van der Waals surface area contributed by atoms with Crippen molar-refractivity contribution in [3.63, 3.8) is 0 Å². The van der Waals surface area contributed by atoms with Gasteiger partial charge >= 0.3 is 0 Å². The number of hydrogen-bond acceptors (Lipinski definition) is 4. The second-order valence-corrected chi connectivity index (χ2v) is 7.35. The fraction of sp³-hybridized carbons (Fsp3) is 0.250. The number of aliphatic hydroxyl groups excluding tert-OH is 2. The first-order valence-electron chi connectivity index (χ1n) is 12.0. The Bertz CT molecular complexity index is 1070. The summed E-state index contributed by atoms with van der Waals surface area (Å²) in [5, 5.41) is 18.6. The summed E-state index contributed by atoms with van der Waals surface area (Å²) in [6, 6.07) is 15.4. The van der Waals surface area contributed by atoms with E-state index in [1.807, 2.05) is 63.2 Å². The molecule has 0 aromatic heterocycles. The highest BCUT2D eigenvalue weighted by Gasteiger charge is 2.10. The Labute approximate surface area is 217 Å². The molecule has 1 atom stereocenters. The third-order valence-corrected chi connectivity index (χ3v) is 4.80. The summed E-state index contributed by atoms with van der Waals surface area (Å²) in [6.45, 7) is 17.0. The van der Waals surface area contributed by atoms with Crippen LogP contribution in [-0.2, 0) is 0 Å². The Balaban J connectivity index is 0.000000651. The van der Waals surface area contributed by atoms with Crippen LogP contribution in [0.1, 0.15) is 51.2 Å². The maximum absolute atomic E-state index is 9.29. The van der Waals surface area contributed by atoms with E-state index in [-0.39, 0.29) is 12.4 Å². The molecule has 0 amide bonds. The molecule has 2 N–H and O–H groups in total. The van der Waals surface area contributed by atoms with E-state index in [0.717, 1.165) is 23.3 Å². The SMILES string of the molecule is C#C/C=C\C=C(/CO)Oc1ccccc1C(C)CC.C=C/C=C(/Oc1ccccc1C)C(=C)O.CC.